The van der Waals surface area contributed by atoms with Gasteiger partial charge in [-0.05, 0) is 67.8 Å². The molecule has 2 aromatic carbocycles. The molecule has 1 amide bonds. The molecule has 3 rings (SSSR count). The summed E-state index contributed by atoms with van der Waals surface area (Å²) in [5.41, 5.74) is 1.39. The van der Waals surface area contributed by atoms with Crippen LogP contribution >= 0.6 is 0 Å². The Morgan fingerprint density at radius 1 is 1.22 bits per heavy atom. The third kappa shape index (κ3) is 4.87. The molecule has 0 fully saturated rings. The highest BCUT2D eigenvalue weighted by Gasteiger charge is 2.39. The number of aliphatic carboxylic acids is 1. The third-order valence-electron chi connectivity index (χ3n) is 4.96. The van der Waals surface area contributed by atoms with Crippen molar-refractivity contribution in [3.05, 3.63) is 47.5 Å². The molecule has 0 saturated carbocycles. The highest BCUT2D eigenvalue weighted by Crippen LogP contribution is 2.43. The van der Waals surface area contributed by atoms with Gasteiger partial charge in [0.25, 0.3) is 5.91 Å². The van der Waals surface area contributed by atoms with Gasteiger partial charge in [-0.3, -0.25) is 4.79 Å². The van der Waals surface area contributed by atoms with Crippen LogP contribution in [0.1, 0.15) is 25.0 Å². The molecule has 1 N–H and O–H groups in total. The van der Waals surface area contributed by atoms with E-state index in [-0.39, 0.29) is 11.7 Å². The molecular formula is C23H22F3NO5. The van der Waals surface area contributed by atoms with Crippen LogP contribution in [0.2, 0.25) is 0 Å². The number of carboxylic acid groups (broad SMARTS) is 1. The van der Waals surface area contributed by atoms with Crippen LogP contribution < -0.4 is 14.4 Å². The van der Waals surface area contributed by atoms with E-state index in [1.807, 2.05) is 0 Å². The molecule has 0 spiro atoms. The minimum Gasteiger partial charge on any atom is -0.483 e. The van der Waals surface area contributed by atoms with E-state index >= 15 is 0 Å². The monoisotopic (exact) mass is 449 g/mol. The summed E-state index contributed by atoms with van der Waals surface area (Å²) in [6, 6.07) is 7.72. The van der Waals surface area contributed by atoms with Gasteiger partial charge in [-0.25, -0.2) is 4.79 Å². The molecule has 6 nitrogen and oxygen atoms in total. The summed E-state index contributed by atoms with van der Waals surface area (Å²) >= 11 is 0. The van der Waals surface area contributed by atoms with Crippen molar-refractivity contribution in [3.8, 4) is 22.6 Å². The number of nitrogens with zero attached hydrogens (tertiary/aromatic N) is 1. The normalized spacial score (nSPS) is 15.5. The van der Waals surface area contributed by atoms with E-state index in [1.54, 1.807) is 40.0 Å². The van der Waals surface area contributed by atoms with Crippen molar-refractivity contribution in [3.63, 3.8) is 0 Å². The number of carbonyl (C=O) groups is 2. The zero-order valence-corrected chi connectivity index (χ0v) is 17.9. The first-order chi connectivity index (χ1) is 14.8. The van der Waals surface area contributed by atoms with E-state index in [1.165, 1.54) is 29.2 Å². The molecule has 32 heavy (non-hydrogen) atoms. The summed E-state index contributed by atoms with van der Waals surface area (Å²) in [6.07, 6.45) is -2.28. The maximum absolute atomic E-state index is 12.8. The molecule has 1 heterocycles. The number of rotatable bonds is 5. The van der Waals surface area contributed by atoms with Gasteiger partial charge in [0, 0.05) is 18.7 Å². The number of fused-ring (bicyclic) bond motifs is 1. The van der Waals surface area contributed by atoms with Crippen molar-refractivity contribution in [2.45, 2.75) is 32.5 Å². The highest BCUT2D eigenvalue weighted by molar-refractivity contribution is 6.03. The van der Waals surface area contributed by atoms with Gasteiger partial charge in [0.1, 0.15) is 11.5 Å². The third-order valence-corrected chi connectivity index (χ3v) is 4.96. The lowest BCUT2D eigenvalue weighted by Crippen LogP contribution is -2.50. The number of hydrogen-bond donors (Lipinski definition) is 1. The van der Waals surface area contributed by atoms with Gasteiger partial charge in [0.15, 0.2) is 12.2 Å². The molecule has 2 aromatic rings. The number of likely N-dealkylation sites (N-methyl/N-ethyl adjacent to an activating group) is 1. The Bertz CT molecular complexity index is 1110. The average molecular weight is 449 g/mol. The van der Waals surface area contributed by atoms with Crippen LogP contribution in [0.25, 0.3) is 17.2 Å². The first kappa shape index (κ1) is 23.2. The lowest BCUT2D eigenvalue weighted by Gasteiger charge is -2.37. The van der Waals surface area contributed by atoms with Gasteiger partial charge in [-0.2, -0.15) is 13.2 Å². The fourth-order valence-corrected chi connectivity index (χ4v) is 3.45. The quantitative estimate of drug-likeness (QED) is 0.662. The minimum atomic E-state index is -4.53. The van der Waals surface area contributed by atoms with Gasteiger partial charge < -0.3 is 19.5 Å². The smallest absolute Gasteiger partial charge is 0.422 e. The van der Waals surface area contributed by atoms with Crippen molar-refractivity contribution < 1.29 is 37.3 Å². The number of alkyl halides is 3. The summed E-state index contributed by atoms with van der Waals surface area (Å²) in [5, 5.41) is 8.87. The van der Waals surface area contributed by atoms with Gasteiger partial charge >= 0.3 is 12.1 Å². The summed E-state index contributed by atoms with van der Waals surface area (Å²) in [5.74, 6) is -0.984. The molecule has 1 aliphatic rings. The van der Waals surface area contributed by atoms with E-state index < -0.39 is 24.4 Å². The second kappa shape index (κ2) is 8.22. The molecule has 9 heteroatoms. The lowest BCUT2D eigenvalue weighted by molar-refractivity contribution is -0.153. The molecule has 0 aliphatic carbocycles. The van der Waals surface area contributed by atoms with Gasteiger partial charge in [-0.1, -0.05) is 6.07 Å². The molecule has 170 valence electrons. The molecule has 0 aromatic heterocycles. The van der Waals surface area contributed by atoms with Crippen LogP contribution in [0.5, 0.6) is 11.5 Å². The summed E-state index contributed by atoms with van der Waals surface area (Å²) in [7, 11) is 1.59. The largest absolute Gasteiger partial charge is 0.483 e. The highest BCUT2D eigenvalue weighted by atomic mass is 19.4. The number of halogens is 3. The maximum Gasteiger partial charge on any atom is 0.422 e. The second-order valence-electron chi connectivity index (χ2n) is 7.94. The Morgan fingerprint density at radius 3 is 2.53 bits per heavy atom. The first-order valence-electron chi connectivity index (χ1n) is 9.65. The SMILES string of the molecule is Cc1cc2c(cc1-c1cc(C=CC(=O)O)ccc1OCC(F)(F)F)N(C)C(=O)C(C)(C)O2. The van der Waals surface area contributed by atoms with Crippen LogP contribution in [-0.2, 0) is 9.59 Å². The maximum atomic E-state index is 12.8. The number of aryl methyl sites for hydroxylation is 1. The van der Waals surface area contributed by atoms with Crippen molar-refractivity contribution in [2.24, 2.45) is 0 Å². The first-order valence-corrected chi connectivity index (χ1v) is 9.65. The molecule has 0 unspecified atom stereocenters. The minimum absolute atomic E-state index is 0.0242. The van der Waals surface area contributed by atoms with E-state index in [9.17, 15) is 22.8 Å². The van der Waals surface area contributed by atoms with Gasteiger partial charge in [0.05, 0.1) is 5.69 Å². The fourth-order valence-electron chi connectivity index (χ4n) is 3.45. The van der Waals surface area contributed by atoms with Crippen molar-refractivity contribution >= 4 is 23.6 Å². The number of benzene rings is 2. The molecule has 0 bridgehead atoms. The number of anilines is 1. The Kier molecular flexibility index (Phi) is 5.95. The van der Waals surface area contributed by atoms with Gasteiger partial charge in [-0.15, -0.1) is 0 Å². The predicted molar refractivity (Wildman–Crippen MR) is 113 cm³/mol. The van der Waals surface area contributed by atoms with Crippen molar-refractivity contribution in [2.75, 3.05) is 18.6 Å². The van der Waals surface area contributed by atoms with E-state index in [0.29, 0.717) is 33.7 Å². The number of carboxylic acids is 1. The Hall–Kier alpha value is -3.49. The molecular weight excluding hydrogens is 427 g/mol. The topological polar surface area (TPSA) is 76.1 Å². The Balaban J connectivity index is 2.15. The van der Waals surface area contributed by atoms with Crippen molar-refractivity contribution in [1.82, 2.24) is 0 Å². The van der Waals surface area contributed by atoms with Gasteiger partial charge in [0.2, 0.25) is 0 Å². The van der Waals surface area contributed by atoms with Crippen LogP contribution in [0.15, 0.2) is 36.4 Å². The summed E-state index contributed by atoms with van der Waals surface area (Å²) < 4.78 is 49.2. The fraction of sp³-hybridized carbons (Fsp3) is 0.304. The van der Waals surface area contributed by atoms with Crippen LogP contribution in [0.3, 0.4) is 0 Å². The van der Waals surface area contributed by atoms with E-state index in [4.69, 9.17) is 14.6 Å². The summed E-state index contributed by atoms with van der Waals surface area (Å²) in [4.78, 5) is 24.9. The number of ether oxygens (including phenoxy) is 2. The van der Waals surface area contributed by atoms with Crippen LogP contribution in [-0.4, -0.2) is 42.4 Å². The van der Waals surface area contributed by atoms with Crippen LogP contribution in [0.4, 0.5) is 18.9 Å². The standard InChI is InChI=1S/C23H22F3NO5/c1-13-9-19-17(27(4)21(30)22(2,3)32-19)11-15(13)16-10-14(6-8-20(28)29)5-7-18(16)31-12-23(24,25)26/h5-11H,12H2,1-4H3,(H,28,29). The number of hydrogen-bond acceptors (Lipinski definition) is 4. The molecule has 0 radical (unpaired) electrons. The second-order valence-corrected chi connectivity index (χ2v) is 7.94. The number of amides is 1. The summed E-state index contributed by atoms with van der Waals surface area (Å²) in [6.45, 7) is 3.58. The van der Waals surface area contributed by atoms with Crippen LogP contribution in [0, 0.1) is 6.92 Å². The predicted octanol–water partition coefficient (Wildman–Crippen LogP) is 4.83. The zero-order chi connectivity index (χ0) is 23.8. The Morgan fingerprint density at radius 2 is 1.91 bits per heavy atom. The molecule has 0 atom stereocenters. The number of carbonyl (C=O) groups excluding carboxylic acids is 1. The average Bonchev–Trinajstić information content (AvgIpc) is 2.68. The van der Waals surface area contributed by atoms with Crippen molar-refractivity contribution in [1.29, 1.82) is 0 Å². The lowest BCUT2D eigenvalue weighted by atomic mass is 9.95. The van der Waals surface area contributed by atoms with E-state index in [0.717, 1.165) is 6.08 Å². The Labute approximate surface area is 182 Å². The molecule has 1 aliphatic heterocycles. The van der Waals surface area contributed by atoms with E-state index in [2.05, 4.69) is 0 Å². The molecule has 0 saturated heterocycles. The zero-order valence-electron chi connectivity index (χ0n) is 17.9.